The maximum Gasteiger partial charge on any atom is 0.573 e. The fourth-order valence-electron chi connectivity index (χ4n) is 5.08. The average Bonchev–Trinajstić information content (AvgIpc) is 3.20. The summed E-state index contributed by atoms with van der Waals surface area (Å²) in [6, 6.07) is 10.3. The van der Waals surface area contributed by atoms with E-state index in [-0.39, 0.29) is 17.4 Å². The Balaban J connectivity index is 1.52. The second-order valence-corrected chi connectivity index (χ2v) is 11.4. The van der Waals surface area contributed by atoms with Crippen LogP contribution in [0.2, 0.25) is 0 Å². The highest BCUT2D eigenvalue weighted by Gasteiger charge is 2.34. The first kappa shape index (κ1) is 29.4. The van der Waals surface area contributed by atoms with Gasteiger partial charge in [0.1, 0.15) is 5.75 Å². The summed E-state index contributed by atoms with van der Waals surface area (Å²) in [5.74, 6) is -1.86. The minimum atomic E-state index is -4.91. The lowest BCUT2D eigenvalue weighted by Crippen LogP contribution is -2.21. The summed E-state index contributed by atoms with van der Waals surface area (Å²) in [5, 5.41) is 14.1. The molecule has 1 atom stereocenters. The van der Waals surface area contributed by atoms with Gasteiger partial charge in [-0.25, -0.2) is 4.68 Å². The lowest BCUT2D eigenvalue weighted by Gasteiger charge is -2.25. The number of ether oxygens (including phenoxy) is 2. The van der Waals surface area contributed by atoms with Gasteiger partial charge in [0.2, 0.25) is 5.88 Å². The predicted octanol–water partition coefficient (Wildman–Crippen LogP) is 6.31. The van der Waals surface area contributed by atoms with Crippen molar-refractivity contribution in [3.8, 4) is 11.6 Å². The first-order valence-corrected chi connectivity index (χ1v) is 13.5. The Morgan fingerprint density at radius 2 is 1.82 bits per heavy atom. The van der Waals surface area contributed by atoms with Crippen LogP contribution in [0.3, 0.4) is 0 Å². The zero-order valence-electron chi connectivity index (χ0n) is 23.3. The number of aryl methyl sites for hydroxylation is 3. The van der Waals surface area contributed by atoms with Gasteiger partial charge in [0.05, 0.1) is 18.7 Å². The normalized spacial score (nSPS) is 14.5. The molecule has 2 heterocycles. The molecule has 216 valence electrons. The molecule has 0 aliphatic heterocycles. The second kappa shape index (κ2) is 11.9. The minimum Gasteiger partial charge on any atom is -0.481 e. The molecule has 10 heteroatoms. The third kappa shape index (κ3) is 7.76. The number of carbonyl (C=O) groups is 1. The Labute approximate surface area is 232 Å². The van der Waals surface area contributed by atoms with Crippen LogP contribution in [0.4, 0.5) is 13.2 Å². The second-order valence-electron chi connectivity index (χ2n) is 11.4. The summed E-state index contributed by atoms with van der Waals surface area (Å²) < 4.78 is 51.5. The van der Waals surface area contributed by atoms with E-state index in [9.17, 15) is 23.1 Å². The van der Waals surface area contributed by atoms with Crippen LogP contribution < -0.4 is 9.47 Å². The van der Waals surface area contributed by atoms with Crippen LogP contribution in [-0.4, -0.2) is 38.8 Å². The highest BCUT2D eigenvalue weighted by Crippen LogP contribution is 2.38. The van der Waals surface area contributed by atoms with Gasteiger partial charge < -0.3 is 14.6 Å². The lowest BCUT2D eigenvalue weighted by molar-refractivity contribution is -0.275. The van der Waals surface area contributed by atoms with Crippen molar-refractivity contribution < 1.29 is 32.5 Å². The van der Waals surface area contributed by atoms with Crippen LogP contribution in [0.1, 0.15) is 79.7 Å². The first-order valence-electron chi connectivity index (χ1n) is 13.5. The molecule has 0 spiro atoms. The SMILES string of the molecule is Cn1nc(CC(CC(=O)O)c2cc(C(C)(C)C)ccc2OC(F)(F)F)cc1OCCc1ccc2c(n1)CCCC2. The molecule has 0 amide bonds. The number of halogens is 3. The van der Waals surface area contributed by atoms with Crippen molar-refractivity contribution in [2.75, 3.05) is 6.61 Å². The van der Waals surface area contributed by atoms with Gasteiger partial charge in [-0.15, -0.1) is 13.2 Å². The van der Waals surface area contributed by atoms with Gasteiger partial charge in [0, 0.05) is 36.8 Å². The molecule has 40 heavy (non-hydrogen) atoms. The van der Waals surface area contributed by atoms with Gasteiger partial charge in [-0.1, -0.05) is 39.0 Å². The summed E-state index contributed by atoms with van der Waals surface area (Å²) in [6.07, 6.45) is -0.157. The number of alkyl halides is 3. The molecule has 0 radical (unpaired) electrons. The van der Waals surface area contributed by atoms with Crippen molar-refractivity contribution >= 4 is 5.97 Å². The van der Waals surface area contributed by atoms with Crippen molar-refractivity contribution in [2.45, 2.75) is 83.4 Å². The molecule has 1 aliphatic carbocycles. The van der Waals surface area contributed by atoms with Crippen molar-refractivity contribution in [1.82, 2.24) is 14.8 Å². The van der Waals surface area contributed by atoms with E-state index in [2.05, 4.69) is 15.9 Å². The number of nitrogens with zero attached hydrogens (tertiary/aromatic N) is 3. The highest BCUT2D eigenvalue weighted by atomic mass is 19.4. The smallest absolute Gasteiger partial charge is 0.481 e. The molecular formula is C30H36F3N3O4. The van der Waals surface area contributed by atoms with E-state index in [0.29, 0.717) is 24.6 Å². The Bertz CT molecular complexity index is 1340. The first-order chi connectivity index (χ1) is 18.8. The molecule has 0 saturated heterocycles. The number of benzene rings is 1. The molecule has 2 aromatic heterocycles. The van der Waals surface area contributed by atoms with Gasteiger partial charge in [0.25, 0.3) is 0 Å². The molecule has 1 N–H and O–H groups in total. The zero-order chi connectivity index (χ0) is 29.1. The number of fused-ring (bicyclic) bond motifs is 1. The molecule has 0 bridgehead atoms. The fraction of sp³-hybridized carbons (Fsp3) is 0.500. The van der Waals surface area contributed by atoms with Gasteiger partial charge in [-0.2, -0.15) is 5.10 Å². The molecule has 4 rings (SSSR count). The van der Waals surface area contributed by atoms with E-state index in [0.717, 1.165) is 30.5 Å². The molecular weight excluding hydrogens is 523 g/mol. The minimum absolute atomic E-state index is 0.0949. The number of carboxylic acids is 1. The molecule has 7 nitrogen and oxygen atoms in total. The number of aromatic nitrogens is 3. The van der Waals surface area contributed by atoms with Crippen molar-refractivity contribution in [3.63, 3.8) is 0 Å². The van der Waals surface area contributed by atoms with E-state index in [1.54, 1.807) is 29.9 Å². The zero-order valence-corrected chi connectivity index (χ0v) is 23.3. The van der Waals surface area contributed by atoms with Gasteiger partial charge in [0.15, 0.2) is 0 Å². The maximum atomic E-state index is 13.2. The van der Waals surface area contributed by atoms with Crippen LogP contribution in [0.15, 0.2) is 36.4 Å². The Hall–Kier alpha value is -3.56. The van der Waals surface area contributed by atoms with Crippen LogP contribution in [0.25, 0.3) is 0 Å². The Morgan fingerprint density at radius 1 is 1.07 bits per heavy atom. The molecule has 1 unspecified atom stereocenters. The van der Waals surface area contributed by atoms with Gasteiger partial charge in [-0.05, 0) is 66.3 Å². The van der Waals surface area contributed by atoms with Gasteiger partial charge in [-0.3, -0.25) is 9.78 Å². The molecule has 1 aromatic carbocycles. The van der Waals surface area contributed by atoms with Crippen molar-refractivity contribution in [3.05, 3.63) is 70.2 Å². The standard InChI is InChI=1S/C30H36F3N3O4/c1-29(2,3)21-10-12-26(40-30(31,32)33)24(17-21)20(16-28(37)38)15-23-18-27(36(4)35-23)39-14-13-22-11-9-19-7-5-6-8-25(19)34-22/h9-12,17-18,20H,5-8,13-16H2,1-4H3,(H,37,38). The van der Waals surface area contributed by atoms with Crippen molar-refractivity contribution in [1.29, 1.82) is 0 Å². The quantitative estimate of drug-likeness (QED) is 0.313. The number of pyridine rings is 1. The molecule has 1 aliphatic rings. The number of aliphatic carboxylic acids is 1. The van der Waals surface area contributed by atoms with Crippen LogP contribution >= 0.6 is 0 Å². The lowest BCUT2D eigenvalue weighted by atomic mass is 9.82. The molecule has 3 aromatic rings. The average molecular weight is 560 g/mol. The van der Waals surface area contributed by atoms with Crippen LogP contribution in [-0.2, 0) is 42.9 Å². The topological polar surface area (TPSA) is 86.5 Å². The number of carboxylic acid groups (broad SMARTS) is 1. The van der Waals surface area contributed by atoms with E-state index < -0.39 is 30.4 Å². The van der Waals surface area contributed by atoms with E-state index in [1.165, 1.54) is 23.7 Å². The summed E-state index contributed by atoms with van der Waals surface area (Å²) in [4.78, 5) is 16.6. The summed E-state index contributed by atoms with van der Waals surface area (Å²) >= 11 is 0. The van der Waals surface area contributed by atoms with Crippen molar-refractivity contribution in [2.24, 2.45) is 7.05 Å². The highest BCUT2D eigenvalue weighted by molar-refractivity contribution is 5.68. The Morgan fingerprint density at radius 3 is 2.52 bits per heavy atom. The number of hydrogen-bond acceptors (Lipinski definition) is 5. The summed E-state index contributed by atoms with van der Waals surface area (Å²) in [7, 11) is 1.71. The van der Waals surface area contributed by atoms with E-state index >= 15 is 0 Å². The largest absolute Gasteiger partial charge is 0.573 e. The van der Waals surface area contributed by atoms with Crippen LogP contribution in [0, 0.1) is 0 Å². The molecule has 0 fully saturated rings. The van der Waals surface area contributed by atoms with Crippen LogP contribution in [0.5, 0.6) is 11.6 Å². The predicted molar refractivity (Wildman–Crippen MR) is 144 cm³/mol. The summed E-state index contributed by atoms with van der Waals surface area (Å²) in [5.41, 5.74) is 4.54. The van der Waals surface area contributed by atoms with Gasteiger partial charge >= 0.3 is 12.3 Å². The van der Waals surface area contributed by atoms with E-state index in [1.807, 2.05) is 26.8 Å². The third-order valence-electron chi connectivity index (χ3n) is 7.15. The van der Waals surface area contributed by atoms with E-state index in [4.69, 9.17) is 9.72 Å². The maximum absolute atomic E-state index is 13.2. The fourth-order valence-corrected chi connectivity index (χ4v) is 5.08. The Kier molecular flexibility index (Phi) is 8.75. The number of rotatable bonds is 10. The monoisotopic (exact) mass is 559 g/mol. The molecule has 0 saturated carbocycles. The third-order valence-corrected chi connectivity index (χ3v) is 7.15. The summed E-state index contributed by atoms with van der Waals surface area (Å²) in [6.45, 7) is 6.18. The number of hydrogen-bond donors (Lipinski definition) is 1.